The van der Waals surface area contributed by atoms with Gasteiger partial charge in [0.25, 0.3) is 0 Å². The molecule has 172 valence electrons. The first-order valence-electron chi connectivity index (χ1n) is 11.7. The van der Waals surface area contributed by atoms with Crippen molar-refractivity contribution in [3.05, 3.63) is 58.7 Å². The molecule has 2 aromatic carbocycles. The standard InChI is InChI=1S/C28H38N2O2/c1-27(2,3)21-11-13-25(31)19(15-21)17-29-23-9-7-8-10-24(23)30-18-20-16-22(28(4,5)6)12-14-26(20)32/h11-18,23-24,31-32H,7-10H2,1-6H3/b29-17+,30-18+. The van der Waals surface area contributed by atoms with E-state index in [0.717, 1.165) is 36.8 Å². The lowest BCUT2D eigenvalue weighted by Crippen LogP contribution is -2.27. The molecule has 0 heterocycles. The Balaban J connectivity index is 1.82. The molecule has 2 unspecified atom stereocenters. The van der Waals surface area contributed by atoms with Crippen LogP contribution in [0.4, 0.5) is 0 Å². The minimum atomic E-state index is 0.0115. The van der Waals surface area contributed by atoms with Gasteiger partial charge in [0.2, 0.25) is 0 Å². The molecule has 4 heteroatoms. The molecule has 0 amide bonds. The van der Waals surface area contributed by atoms with Gasteiger partial charge in [-0.15, -0.1) is 0 Å². The average molecular weight is 435 g/mol. The van der Waals surface area contributed by atoms with Crippen molar-refractivity contribution in [2.45, 2.75) is 90.1 Å². The van der Waals surface area contributed by atoms with Crippen molar-refractivity contribution in [1.82, 2.24) is 0 Å². The summed E-state index contributed by atoms with van der Waals surface area (Å²) in [6.07, 6.45) is 7.83. The van der Waals surface area contributed by atoms with Crippen LogP contribution >= 0.6 is 0 Å². The average Bonchev–Trinajstić information content (AvgIpc) is 2.71. The minimum absolute atomic E-state index is 0.0115. The van der Waals surface area contributed by atoms with Crippen LogP contribution in [0.1, 0.15) is 89.5 Å². The van der Waals surface area contributed by atoms with E-state index in [2.05, 4.69) is 41.5 Å². The van der Waals surface area contributed by atoms with Gasteiger partial charge in [-0.2, -0.15) is 0 Å². The van der Waals surface area contributed by atoms with Crippen LogP contribution in [0.15, 0.2) is 46.4 Å². The summed E-state index contributed by atoms with van der Waals surface area (Å²) in [5.41, 5.74) is 3.87. The maximum atomic E-state index is 10.3. The van der Waals surface area contributed by atoms with Crippen LogP contribution in [0.2, 0.25) is 0 Å². The van der Waals surface area contributed by atoms with Gasteiger partial charge < -0.3 is 10.2 Å². The lowest BCUT2D eigenvalue weighted by atomic mass is 9.86. The summed E-state index contributed by atoms with van der Waals surface area (Å²) >= 11 is 0. The number of aromatic hydroxyl groups is 2. The largest absolute Gasteiger partial charge is 0.507 e. The summed E-state index contributed by atoms with van der Waals surface area (Å²) in [6.45, 7) is 13.0. The summed E-state index contributed by atoms with van der Waals surface area (Å²) in [6, 6.07) is 11.6. The van der Waals surface area contributed by atoms with Crippen LogP contribution < -0.4 is 0 Å². The zero-order valence-corrected chi connectivity index (χ0v) is 20.4. The Morgan fingerprint density at radius 3 is 1.41 bits per heavy atom. The van der Waals surface area contributed by atoms with Gasteiger partial charge in [0.15, 0.2) is 0 Å². The molecule has 32 heavy (non-hydrogen) atoms. The highest BCUT2D eigenvalue weighted by atomic mass is 16.3. The predicted molar refractivity (Wildman–Crippen MR) is 135 cm³/mol. The minimum Gasteiger partial charge on any atom is -0.507 e. The summed E-state index contributed by atoms with van der Waals surface area (Å²) < 4.78 is 0. The number of aliphatic imine (C=N–C) groups is 2. The Bertz CT molecular complexity index is 912. The zero-order valence-electron chi connectivity index (χ0n) is 20.4. The van der Waals surface area contributed by atoms with Gasteiger partial charge in [-0.1, -0.05) is 66.5 Å². The first kappa shape index (κ1) is 24.0. The third-order valence-corrected chi connectivity index (χ3v) is 6.29. The van der Waals surface area contributed by atoms with Crippen molar-refractivity contribution in [3.63, 3.8) is 0 Å². The van der Waals surface area contributed by atoms with Crippen LogP contribution in [0.5, 0.6) is 11.5 Å². The number of benzene rings is 2. The topological polar surface area (TPSA) is 65.2 Å². The van der Waals surface area contributed by atoms with Crippen molar-refractivity contribution >= 4 is 12.4 Å². The first-order chi connectivity index (χ1) is 14.9. The third kappa shape index (κ3) is 5.99. The lowest BCUT2D eigenvalue weighted by Gasteiger charge is -2.26. The van der Waals surface area contributed by atoms with Gasteiger partial charge in [-0.25, -0.2) is 0 Å². The molecule has 1 saturated carbocycles. The Hall–Kier alpha value is -2.62. The van der Waals surface area contributed by atoms with E-state index in [4.69, 9.17) is 9.98 Å². The van der Waals surface area contributed by atoms with E-state index in [9.17, 15) is 10.2 Å². The highest BCUT2D eigenvalue weighted by Crippen LogP contribution is 2.29. The van der Waals surface area contributed by atoms with Crippen LogP contribution in [-0.4, -0.2) is 34.7 Å². The van der Waals surface area contributed by atoms with Crippen LogP contribution in [0.25, 0.3) is 0 Å². The fourth-order valence-electron chi connectivity index (χ4n) is 4.04. The Morgan fingerprint density at radius 2 is 1.06 bits per heavy atom. The van der Waals surface area contributed by atoms with E-state index in [0.29, 0.717) is 0 Å². The zero-order chi connectivity index (χ0) is 23.5. The molecule has 0 aromatic heterocycles. The molecule has 1 aliphatic carbocycles. The Kier molecular flexibility index (Phi) is 7.12. The van der Waals surface area contributed by atoms with Gasteiger partial charge in [0.1, 0.15) is 11.5 Å². The van der Waals surface area contributed by atoms with Crippen molar-refractivity contribution in [3.8, 4) is 11.5 Å². The van der Waals surface area contributed by atoms with E-state index < -0.39 is 0 Å². The molecular formula is C28H38N2O2. The summed E-state index contributed by atoms with van der Waals surface area (Å²) in [7, 11) is 0. The van der Waals surface area contributed by atoms with Crippen molar-refractivity contribution < 1.29 is 10.2 Å². The quantitative estimate of drug-likeness (QED) is 0.536. The number of phenols is 2. The number of nitrogens with zero attached hydrogens (tertiary/aromatic N) is 2. The van der Waals surface area contributed by atoms with Crippen LogP contribution in [0.3, 0.4) is 0 Å². The van der Waals surface area contributed by atoms with Gasteiger partial charge in [-0.3, -0.25) is 9.98 Å². The lowest BCUT2D eigenvalue weighted by molar-refractivity contribution is 0.390. The molecule has 1 fully saturated rings. The van der Waals surface area contributed by atoms with Gasteiger partial charge in [0.05, 0.1) is 12.1 Å². The molecular weight excluding hydrogens is 396 g/mol. The molecule has 0 saturated heterocycles. The van der Waals surface area contributed by atoms with E-state index in [1.54, 1.807) is 24.6 Å². The second-order valence-electron chi connectivity index (χ2n) is 11.0. The van der Waals surface area contributed by atoms with Crippen LogP contribution in [-0.2, 0) is 10.8 Å². The third-order valence-electron chi connectivity index (χ3n) is 6.29. The number of hydrogen-bond donors (Lipinski definition) is 2. The van der Waals surface area contributed by atoms with E-state index in [1.807, 2.05) is 24.3 Å². The highest BCUT2D eigenvalue weighted by molar-refractivity contribution is 5.85. The SMILES string of the molecule is CC(C)(C)c1ccc(O)c(/C=N/C2CCCCC2/N=C/c2cc(C(C)(C)C)ccc2O)c1. The molecule has 2 atom stereocenters. The molecule has 2 aromatic rings. The first-order valence-corrected chi connectivity index (χ1v) is 11.7. The number of rotatable bonds is 4. The molecule has 1 aliphatic rings. The van der Waals surface area contributed by atoms with Gasteiger partial charge >= 0.3 is 0 Å². The van der Waals surface area contributed by atoms with Crippen molar-refractivity contribution in [2.24, 2.45) is 9.98 Å². The molecule has 3 rings (SSSR count). The molecule has 0 bridgehead atoms. The summed E-state index contributed by atoms with van der Waals surface area (Å²) in [4.78, 5) is 9.70. The van der Waals surface area contributed by atoms with E-state index >= 15 is 0 Å². The highest BCUT2D eigenvalue weighted by Gasteiger charge is 2.24. The normalized spacial score (nSPS) is 20.3. The van der Waals surface area contributed by atoms with Crippen molar-refractivity contribution in [2.75, 3.05) is 0 Å². The number of hydrogen-bond acceptors (Lipinski definition) is 4. The summed E-state index contributed by atoms with van der Waals surface area (Å²) in [5.74, 6) is 0.503. The number of phenolic OH excluding ortho intramolecular Hbond substituents is 2. The maximum absolute atomic E-state index is 10.3. The maximum Gasteiger partial charge on any atom is 0.124 e. The van der Waals surface area contributed by atoms with E-state index in [-0.39, 0.29) is 34.4 Å². The second kappa shape index (κ2) is 9.48. The van der Waals surface area contributed by atoms with Gasteiger partial charge in [-0.05, 0) is 59.1 Å². The van der Waals surface area contributed by atoms with Crippen molar-refractivity contribution in [1.29, 1.82) is 0 Å². The monoisotopic (exact) mass is 434 g/mol. The molecule has 4 nitrogen and oxygen atoms in total. The second-order valence-corrected chi connectivity index (χ2v) is 11.0. The van der Waals surface area contributed by atoms with Crippen LogP contribution in [0, 0.1) is 0 Å². The van der Waals surface area contributed by atoms with Gasteiger partial charge in [0, 0.05) is 23.6 Å². The predicted octanol–water partition coefficient (Wildman–Crippen LogP) is 6.54. The molecule has 2 N–H and O–H groups in total. The van der Waals surface area contributed by atoms with E-state index in [1.165, 1.54) is 11.1 Å². The smallest absolute Gasteiger partial charge is 0.124 e. The molecule has 0 radical (unpaired) electrons. The molecule has 0 spiro atoms. The summed E-state index contributed by atoms with van der Waals surface area (Å²) in [5, 5.41) is 20.6. The fourth-order valence-corrected chi connectivity index (χ4v) is 4.04. The Morgan fingerprint density at radius 1 is 0.688 bits per heavy atom. The molecule has 0 aliphatic heterocycles. The fraction of sp³-hybridized carbons (Fsp3) is 0.500. The Labute approximate surface area is 193 Å².